The first-order chi connectivity index (χ1) is 17.2. The van der Waals surface area contributed by atoms with Crippen LogP contribution in [0, 0.1) is 6.92 Å². The van der Waals surface area contributed by atoms with Gasteiger partial charge < -0.3 is 9.84 Å². The van der Waals surface area contributed by atoms with Crippen molar-refractivity contribution in [3.63, 3.8) is 0 Å². The van der Waals surface area contributed by atoms with Gasteiger partial charge in [-0.1, -0.05) is 18.2 Å². The third kappa shape index (κ3) is 5.00. The lowest BCUT2D eigenvalue weighted by Gasteiger charge is -2.13. The Balaban J connectivity index is 1.91. The lowest BCUT2D eigenvalue weighted by atomic mass is 10.1. The summed E-state index contributed by atoms with van der Waals surface area (Å²) in [6.45, 7) is 2.71. The van der Waals surface area contributed by atoms with Gasteiger partial charge in [-0.25, -0.2) is 9.36 Å². The lowest BCUT2D eigenvalue weighted by molar-refractivity contribution is -0.137. The van der Waals surface area contributed by atoms with Crippen molar-refractivity contribution in [3.05, 3.63) is 80.5 Å². The number of nitrogens with zero attached hydrogens (tertiary/aromatic N) is 2. The molecule has 0 fully saturated rings. The number of ketones is 1. The number of Topliss-reactive ketones (excluding diaryl/α,β-unsaturated/α-hetero) is 1. The van der Waals surface area contributed by atoms with Crippen LogP contribution in [0.4, 0.5) is 0 Å². The standard InChI is InChI=1S/C26H24N2O6S2/c1-15(29)14-34-19-10-8-17(9-11-19)23-16(2)22-24(32)27(13-21(30)31)26(33)28(25(22)36-23)12-18-6-4-5-7-20(18)35-3/h4-11H,12-14H2,1-3H3,(H,30,31). The van der Waals surface area contributed by atoms with Gasteiger partial charge in [-0.05, 0) is 67.1 Å². The Morgan fingerprint density at radius 1 is 1.06 bits per heavy atom. The summed E-state index contributed by atoms with van der Waals surface area (Å²) in [7, 11) is 0. The molecule has 186 valence electrons. The number of hydrogen-bond acceptors (Lipinski definition) is 7. The van der Waals surface area contributed by atoms with Gasteiger partial charge in [-0.3, -0.25) is 19.0 Å². The van der Waals surface area contributed by atoms with E-state index in [9.17, 15) is 24.3 Å². The number of thiophene rings is 1. The van der Waals surface area contributed by atoms with Crippen LogP contribution < -0.4 is 16.0 Å². The Kier molecular flexibility index (Phi) is 7.46. The Morgan fingerprint density at radius 2 is 1.75 bits per heavy atom. The largest absolute Gasteiger partial charge is 0.486 e. The highest BCUT2D eigenvalue weighted by Crippen LogP contribution is 2.37. The van der Waals surface area contributed by atoms with E-state index in [0.29, 0.717) is 21.5 Å². The fraction of sp³-hybridized carbons (Fsp3) is 0.231. The highest BCUT2D eigenvalue weighted by atomic mass is 32.2. The summed E-state index contributed by atoms with van der Waals surface area (Å²) >= 11 is 2.87. The molecule has 10 heteroatoms. The summed E-state index contributed by atoms with van der Waals surface area (Å²) in [6.07, 6.45) is 1.94. The fourth-order valence-electron chi connectivity index (χ4n) is 3.98. The van der Waals surface area contributed by atoms with E-state index < -0.39 is 23.8 Å². The van der Waals surface area contributed by atoms with Crippen LogP contribution in [-0.2, 0) is 22.7 Å². The zero-order chi connectivity index (χ0) is 26.0. The zero-order valence-electron chi connectivity index (χ0n) is 19.9. The predicted molar refractivity (Wildman–Crippen MR) is 142 cm³/mol. The van der Waals surface area contributed by atoms with E-state index in [1.165, 1.54) is 22.8 Å². The molecule has 8 nitrogen and oxygen atoms in total. The van der Waals surface area contributed by atoms with Crippen molar-refractivity contribution in [2.45, 2.75) is 31.8 Å². The third-order valence-corrected chi connectivity index (χ3v) is 7.87. The van der Waals surface area contributed by atoms with Crippen LogP contribution in [0.15, 0.2) is 63.0 Å². The van der Waals surface area contributed by atoms with Gasteiger partial charge in [0.15, 0.2) is 5.78 Å². The van der Waals surface area contributed by atoms with Gasteiger partial charge in [0.25, 0.3) is 5.56 Å². The van der Waals surface area contributed by atoms with E-state index in [1.807, 2.05) is 42.7 Å². The topological polar surface area (TPSA) is 108 Å². The summed E-state index contributed by atoms with van der Waals surface area (Å²) in [6, 6.07) is 14.8. The smallest absolute Gasteiger partial charge is 0.332 e. The van der Waals surface area contributed by atoms with Gasteiger partial charge >= 0.3 is 11.7 Å². The number of carbonyl (C=O) groups excluding carboxylic acids is 1. The molecule has 0 saturated carbocycles. The minimum Gasteiger partial charge on any atom is -0.486 e. The summed E-state index contributed by atoms with van der Waals surface area (Å²) in [5, 5.41) is 9.69. The molecule has 0 spiro atoms. The average Bonchev–Trinajstić information content (AvgIpc) is 3.20. The molecule has 2 aromatic heterocycles. The minimum atomic E-state index is -1.26. The second-order valence-electron chi connectivity index (χ2n) is 8.22. The number of aryl methyl sites for hydroxylation is 1. The summed E-state index contributed by atoms with van der Waals surface area (Å²) < 4.78 is 7.71. The fourth-order valence-corrected chi connectivity index (χ4v) is 5.88. The average molecular weight is 525 g/mol. The van der Waals surface area contributed by atoms with E-state index >= 15 is 0 Å². The second-order valence-corrected chi connectivity index (χ2v) is 10.1. The molecule has 4 aromatic rings. The first kappa shape index (κ1) is 25.5. The molecule has 0 amide bonds. The van der Waals surface area contributed by atoms with Crippen molar-refractivity contribution < 1.29 is 19.4 Å². The van der Waals surface area contributed by atoms with Crippen LogP contribution in [0.25, 0.3) is 20.7 Å². The monoisotopic (exact) mass is 524 g/mol. The maximum atomic E-state index is 13.4. The maximum absolute atomic E-state index is 13.4. The van der Waals surface area contributed by atoms with Gasteiger partial charge in [0.2, 0.25) is 0 Å². The molecule has 0 atom stereocenters. The van der Waals surface area contributed by atoms with Crippen molar-refractivity contribution in [2.24, 2.45) is 0 Å². The van der Waals surface area contributed by atoms with Gasteiger partial charge in [-0.15, -0.1) is 23.1 Å². The number of benzene rings is 2. The summed E-state index contributed by atoms with van der Waals surface area (Å²) in [5.41, 5.74) is 1.10. The highest BCUT2D eigenvalue weighted by Gasteiger charge is 2.22. The normalized spacial score (nSPS) is 11.1. The van der Waals surface area contributed by atoms with Gasteiger partial charge in [-0.2, -0.15) is 0 Å². The Bertz CT molecular complexity index is 1580. The number of carboxylic acid groups (broad SMARTS) is 1. The van der Waals surface area contributed by atoms with Crippen LogP contribution in [0.5, 0.6) is 5.75 Å². The molecule has 0 aliphatic rings. The van der Waals surface area contributed by atoms with Crippen molar-refractivity contribution in [1.29, 1.82) is 0 Å². The van der Waals surface area contributed by atoms with Crippen LogP contribution >= 0.6 is 23.1 Å². The molecule has 0 saturated heterocycles. The first-order valence-corrected chi connectivity index (χ1v) is 13.1. The number of aromatic nitrogens is 2. The Morgan fingerprint density at radius 3 is 2.39 bits per heavy atom. The number of carboxylic acids is 1. The van der Waals surface area contributed by atoms with Gasteiger partial charge in [0, 0.05) is 9.77 Å². The summed E-state index contributed by atoms with van der Waals surface area (Å²) in [5.74, 6) is -0.806. The zero-order valence-corrected chi connectivity index (χ0v) is 21.6. The third-order valence-electron chi connectivity index (χ3n) is 5.67. The van der Waals surface area contributed by atoms with E-state index in [-0.39, 0.29) is 18.9 Å². The molecule has 4 rings (SSSR count). The first-order valence-electron chi connectivity index (χ1n) is 11.0. The Hall–Kier alpha value is -3.63. The molecule has 1 N–H and O–H groups in total. The lowest BCUT2D eigenvalue weighted by Crippen LogP contribution is -2.41. The molecule has 2 aromatic carbocycles. The van der Waals surface area contributed by atoms with E-state index in [2.05, 4.69) is 0 Å². The van der Waals surface area contributed by atoms with Crippen molar-refractivity contribution in [1.82, 2.24) is 9.13 Å². The van der Waals surface area contributed by atoms with Crippen molar-refractivity contribution in [3.8, 4) is 16.2 Å². The molecule has 0 radical (unpaired) electrons. The number of ether oxygens (including phenoxy) is 1. The van der Waals surface area contributed by atoms with Gasteiger partial charge in [0.05, 0.1) is 11.9 Å². The van der Waals surface area contributed by atoms with Crippen molar-refractivity contribution >= 4 is 45.1 Å². The number of rotatable bonds is 9. The number of fused-ring (bicyclic) bond motifs is 1. The van der Waals surface area contributed by atoms with E-state index in [1.54, 1.807) is 30.8 Å². The molecule has 2 heterocycles. The van der Waals surface area contributed by atoms with E-state index in [0.717, 1.165) is 25.5 Å². The highest BCUT2D eigenvalue weighted by molar-refractivity contribution is 7.98. The SMILES string of the molecule is CSc1ccccc1Cn1c(=O)n(CC(=O)O)c(=O)c2c(C)c(-c3ccc(OCC(C)=O)cc3)sc21. The predicted octanol–water partition coefficient (Wildman–Crippen LogP) is 4.02. The molecule has 0 unspecified atom stereocenters. The minimum absolute atomic E-state index is 0.0197. The molecule has 0 bridgehead atoms. The number of hydrogen-bond donors (Lipinski definition) is 1. The van der Waals surface area contributed by atoms with Crippen LogP contribution in [0.1, 0.15) is 18.1 Å². The van der Waals surface area contributed by atoms with Crippen LogP contribution in [0.3, 0.4) is 0 Å². The molecular formula is C26H24N2O6S2. The maximum Gasteiger partial charge on any atom is 0.332 e. The quantitative estimate of drug-likeness (QED) is 0.330. The van der Waals surface area contributed by atoms with Crippen molar-refractivity contribution in [2.75, 3.05) is 12.9 Å². The van der Waals surface area contributed by atoms with Gasteiger partial charge in [0.1, 0.15) is 23.7 Å². The second kappa shape index (κ2) is 10.5. The van der Waals surface area contributed by atoms with E-state index in [4.69, 9.17) is 4.74 Å². The summed E-state index contributed by atoms with van der Waals surface area (Å²) in [4.78, 5) is 51.6. The molecular weight excluding hydrogens is 500 g/mol. The number of aliphatic carboxylic acids is 1. The number of carbonyl (C=O) groups is 2. The van der Waals surface area contributed by atoms with Crippen LogP contribution in [0.2, 0.25) is 0 Å². The molecule has 36 heavy (non-hydrogen) atoms. The molecule has 0 aliphatic heterocycles. The van der Waals surface area contributed by atoms with Crippen LogP contribution in [-0.4, -0.2) is 38.9 Å². The molecule has 0 aliphatic carbocycles. The Labute approximate surface area is 214 Å². The number of thioether (sulfide) groups is 1.